The summed E-state index contributed by atoms with van der Waals surface area (Å²) in [5.74, 6) is 0. The Labute approximate surface area is 373 Å². The molecule has 2 aliphatic heterocycles. The molecule has 0 saturated heterocycles. The first-order valence-electron chi connectivity index (χ1n) is 22.7. The fourth-order valence-corrected chi connectivity index (χ4v) is 12.5. The first-order chi connectivity index (χ1) is 29.4. The van der Waals surface area contributed by atoms with Gasteiger partial charge in [-0.15, -0.1) is 11.3 Å². The molecule has 0 atom stereocenters. The van der Waals surface area contributed by atoms with Gasteiger partial charge in [-0.3, -0.25) is 0 Å². The van der Waals surface area contributed by atoms with Gasteiger partial charge in [0.25, 0.3) is 6.71 Å². The van der Waals surface area contributed by atoms with E-state index in [-0.39, 0.29) is 28.4 Å². The minimum Gasteiger partial charge on any atom is -0.313 e. The van der Waals surface area contributed by atoms with E-state index in [0.29, 0.717) is 0 Å². The quantitative estimate of drug-likeness (QED) is 0.164. The van der Waals surface area contributed by atoms with Crippen LogP contribution < -0.4 is 26.2 Å². The van der Waals surface area contributed by atoms with Crippen LogP contribution in [0.4, 0.5) is 33.4 Å². The number of rotatable bonds is 3. The minimum absolute atomic E-state index is 0.000544. The van der Waals surface area contributed by atoms with Crippen LogP contribution in [0.2, 0.25) is 0 Å². The van der Waals surface area contributed by atoms with Crippen LogP contribution in [-0.2, 0) is 21.7 Å². The van der Waals surface area contributed by atoms with E-state index in [1.54, 1.807) is 0 Å². The number of hydrogen-bond acceptors (Lipinski definition) is 3. The summed E-state index contributed by atoms with van der Waals surface area (Å²) in [5, 5.41) is 4.04. The third kappa shape index (κ3) is 5.76. The third-order valence-electron chi connectivity index (χ3n) is 14.5. The van der Waals surface area contributed by atoms with Gasteiger partial charge in [-0.2, -0.15) is 0 Å². The molecule has 4 heterocycles. The minimum atomic E-state index is 0.000544. The summed E-state index contributed by atoms with van der Waals surface area (Å²) in [5.41, 5.74) is 20.0. The van der Waals surface area contributed by atoms with Crippen LogP contribution in [0.5, 0.6) is 0 Å². The Hall–Kier alpha value is -5.52. The molecule has 6 aromatic carbocycles. The SMILES string of the molecule is Cc1cc2c3c(c1)N(c1ccc(C(C)(C)C)cc1)c1sc4ccccc4c1B3c1cc3c(cc1N2c1ccc(C(C)(C)C)cc1)c1c(n3-c2ccccc2)C(C)(C)CCC1(C)C. The van der Waals surface area contributed by atoms with Crippen molar-refractivity contribution in [1.82, 2.24) is 4.57 Å². The molecule has 310 valence electrons. The predicted molar refractivity (Wildman–Crippen MR) is 270 cm³/mol. The van der Waals surface area contributed by atoms with E-state index in [2.05, 4.69) is 218 Å². The van der Waals surface area contributed by atoms with Crippen LogP contribution in [0.25, 0.3) is 26.7 Å². The van der Waals surface area contributed by atoms with Gasteiger partial charge in [0.15, 0.2) is 0 Å². The highest BCUT2D eigenvalue weighted by atomic mass is 32.1. The van der Waals surface area contributed by atoms with Crippen molar-refractivity contribution in [1.29, 1.82) is 0 Å². The molecule has 2 aromatic heterocycles. The molecule has 11 rings (SSSR count). The number of nitrogens with zero attached hydrogens (tertiary/aromatic N) is 3. The van der Waals surface area contributed by atoms with Crippen molar-refractivity contribution < 1.29 is 0 Å². The highest BCUT2D eigenvalue weighted by Gasteiger charge is 2.48. The number of thiophene rings is 1. The van der Waals surface area contributed by atoms with Crippen LogP contribution in [0.15, 0.2) is 127 Å². The van der Waals surface area contributed by atoms with Gasteiger partial charge < -0.3 is 14.4 Å². The van der Waals surface area contributed by atoms with Gasteiger partial charge in [-0.25, -0.2) is 0 Å². The summed E-state index contributed by atoms with van der Waals surface area (Å²) in [6.45, 7) is 26.1. The molecule has 0 spiro atoms. The first-order valence-corrected chi connectivity index (χ1v) is 23.5. The average molecular weight is 828 g/mol. The smallest absolute Gasteiger partial charge is 0.254 e. The fraction of sp³-hybridized carbons (Fsp3) is 0.298. The predicted octanol–water partition coefficient (Wildman–Crippen LogP) is 14.2. The lowest BCUT2D eigenvalue weighted by Gasteiger charge is -2.43. The molecule has 0 saturated carbocycles. The zero-order valence-corrected chi connectivity index (χ0v) is 39.2. The van der Waals surface area contributed by atoms with Gasteiger partial charge in [-0.05, 0) is 147 Å². The maximum atomic E-state index is 2.65. The average Bonchev–Trinajstić information content (AvgIpc) is 3.79. The van der Waals surface area contributed by atoms with Crippen LogP contribution in [-0.4, -0.2) is 11.3 Å². The number of aromatic nitrogens is 1. The monoisotopic (exact) mass is 827 g/mol. The second-order valence-electron chi connectivity index (χ2n) is 21.8. The number of aryl methyl sites for hydroxylation is 1. The zero-order valence-electron chi connectivity index (χ0n) is 38.4. The highest BCUT2D eigenvalue weighted by Crippen LogP contribution is 2.54. The summed E-state index contributed by atoms with van der Waals surface area (Å²) < 4.78 is 3.98. The third-order valence-corrected chi connectivity index (χ3v) is 15.7. The van der Waals surface area contributed by atoms with Crippen molar-refractivity contribution in [2.45, 2.75) is 111 Å². The van der Waals surface area contributed by atoms with Gasteiger partial charge in [0.2, 0.25) is 0 Å². The van der Waals surface area contributed by atoms with Gasteiger partial charge >= 0.3 is 0 Å². The molecule has 5 heteroatoms. The fourth-order valence-electron chi connectivity index (χ4n) is 11.2. The molecule has 0 unspecified atom stereocenters. The topological polar surface area (TPSA) is 11.4 Å². The van der Waals surface area contributed by atoms with E-state index < -0.39 is 0 Å². The second kappa shape index (κ2) is 13.3. The summed E-state index contributed by atoms with van der Waals surface area (Å²) in [4.78, 5) is 5.22. The van der Waals surface area contributed by atoms with Gasteiger partial charge in [0.05, 0.1) is 10.5 Å². The largest absolute Gasteiger partial charge is 0.313 e. The lowest BCUT2D eigenvalue weighted by Crippen LogP contribution is -2.61. The molecular weight excluding hydrogens is 770 g/mol. The maximum absolute atomic E-state index is 2.65. The molecule has 0 bridgehead atoms. The lowest BCUT2D eigenvalue weighted by atomic mass is 9.33. The maximum Gasteiger partial charge on any atom is 0.254 e. The lowest BCUT2D eigenvalue weighted by molar-refractivity contribution is 0.324. The molecule has 0 fully saturated rings. The van der Waals surface area contributed by atoms with Gasteiger partial charge in [0, 0.05) is 55.3 Å². The Morgan fingerprint density at radius 1 is 0.548 bits per heavy atom. The molecule has 1 aliphatic carbocycles. The van der Waals surface area contributed by atoms with Crippen molar-refractivity contribution in [3.8, 4) is 5.69 Å². The van der Waals surface area contributed by atoms with Crippen molar-refractivity contribution in [3.63, 3.8) is 0 Å². The van der Waals surface area contributed by atoms with E-state index in [1.807, 2.05) is 11.3 Å². The van der Waals surface area contributed by atoms with E-state index in [0.717, 1.165) is 12.8 Å². The molecule has 0 amide bonds. The Balaban J connectivity index is 1.29. The van der Waals surface area contributed by atoms with Gasteiger partial charge in [0.1, 0.15) is 0 Å². The zero-order chi connectivity index (χ0) is 43.2. The normalized spacial score (nSPS) is 16.3. The number of benzene rings is 6. The van der Waals surface area contributed by atoms with Gasteiger partial charge in [-0.1, -0.05) is 130 Å². The van der Waals surface area contributed by atoms with Crippen molar-refractivity contribution in [3.05, 3.63) is 155 Å². The van der Waals surface area contributed by atoms with Crippen LogP contribution >= 0.6 is 11.3 Å². The van der Waals surface area contributed by atoms with Crippen molar-refractivity contribution in [2.75, 3.05) is 9.80 Å². The molecule has 0 radical (unpaired) electrons. The standard InChI is InChI=1S/C57H58BN3S/c1-35-31-46-51-47(32-35)61(40-27-23-37(24-28-40)55(5,6)7)53-50(41-19-15-16-20-48(41)62-53)58(51)43-34-44-42(33-45(43)59(46)39-25-21-36(22-26-39)54(2,3)4)49-52(57(10,11)30-29-56(49,8)9)60(44)38-17-13-12-14-18-38/h12-28,31-34H,29-30H2,1-11H3. The van der Waals surface area contributed by atoms with E-state index in [4.69, 9.17) is 0 Å². The van der Waals surface area contributed by atoms with Crippen LogP contribution in [0, 0.1) is 6.92 Å². The summed E-state index contributed by atoms with van der Waals surface area (Å²) in [6, 6.07) is 49.3. The van der Waals surface area contributed by atoms with Crippen molar-refractivity contribution in [2.24, 2.45) is 0 Å². The first kappa shape index (κ1) is 39.3. The molecule has 3 aliphatic rings. The summed E-state index contributed by atoms with van der Waals surface area (Å²) in [6.07, 6.45) is 2.30. The number of para-hydroxylation sites is 1. The molecular formula is C57H58BN3S. The summed E-state index contributed by atoms with van der Waals surface area (Å²) in [7, 11) is 0. The second-order valence-corrected chi connectivity index (χ2v) is 22.9. The van der Waals surface area contributed by atoms with E-state index in [1.165, 1.54) is 104 Å². The number of anilines is 6. The number of hydrogen-bond donors (Lipinski definition) is 0. The molecule has 0 N–H and O–H groups in total. The van der Waals surface area contributed by atoms with E-state index in [9.17, 15) is 0 Å². The summed E-state index contributed by atoms with van der Waals surface area (Å²) >= 11 is 1.94. The molecule has 8 aromatic rings. The van der Waals surface area contributed by atoms with Crippen molar-refractivity contribution >= 4 is 88.9 Å². The Morgan fingerprint density at radius 3 is 1.74 bits per heavy atom. The molecule has 62 heavy (non-hydrogen) atoms. The molecule has 3 nitrogen and oxygen atoms in total. The Bertz CT molecular complexity index is 3100. The van der Waals surface area contributed by atoms with Crippen LogP contribution in [0.1, 0.15) is 110 Å². The number of fused-ring (bicyclic) bond motifs is 9. The highest BCUT2D eigenvalue weighted by molar-refractivity contribution is 7.26. The van der Waals surface area contributed by atoms with Crippen LogP contribution in [0.3, 0.4) is 0 Å². The van der Waals surface area contributed by atoms with E-state index >= 15 is 0 Å². The Morgan fingerprint density at radius 2 is 1.11 bits per heavy atom. The Kier molecular flexibility index (Phi) is 8.41.